The smallest absolute Gasteiger partial charge is 0.347 e. The highest BCUT2D eigenvalue weighted by Gasteiger charge is 2.13. The van der Waals surface area contributed by atoms with E-state index < -0.39 is 5.97 Å². The maximum absolute atomic E-state index is 12.3. The van der Waals surface area contributed by atoms with Gasteiger partial charge in [-0.15, -0.1) is 11.3 Å². The van der Waals surface area contributed by atoms with Gasteiger partial charge in [-0.2, -0.15) is 5.10 Å². The molecule has 0 atom stereocenters. The molecule has 0 saturated heterocycles. The zero-order valence-electron chi connectivity index (χ0n) is 14.3. The lowest BCUT2D eigenvalue weighted by Gasteiger charge is -2.08. The number of hydrazone groups is 1. The zero-order valence-corrected chi connectivity index (χ0v) is 15.1. The highest BCUT2D eigenvalue weighted by molar-refractivity contribution is 7.13. The Morgan fingerprint density at radius 3 is 2.65 bits per heavy atom. The summed E-state index contributed by atoms with van der Waals surface area (Å²) < 4.78 is 10.6. The van der Waals surface area contributed by atoms with E-state index in [4.69, 9.17) is 9.47 Å². The van der Waals surface area contributed by atoms with Crippen molar-refractivity contribution >= 4 is 28.7 Å². The number of hydrogen-bond acceptors (Lipinski definition) is 7. The van der Waals surface area contributed by atoms with Crippen molar-refractivity contribution in [2.24, 2.45) is 5.10 Å². The number of thiazole rings is 1. The molecule has 3 rings (SSSR count). The standard InChI is InChI=1S/C19H17N3O3S/c1-13-12-26-19(21-13)22-20-11-14-7-9-15(10-8-14)25-18(23)16-5-3-4-6-17(16)24-2/h3-12H,1-2H3,(H,21,22)/b20-11-. The van der Waals surface area contributed by atoms with Crippen LogP contribution in [-0.4, -0.2) is 24.3 Å². The van der Waals surface area contributed by atoms with Gasteiger partial charge < -0.3 is 9.47 Å². The van der Waals surface area contributed by atoms with Crippen molar-refractivity contribution in [2.45, 2.75) is 6.92 Å². The van der Waals surface area contributed by atoms with Crippen LogP contribution in [0.25, 0.3) is 0 Å². The van der Waals surface area contributed by atoms with Crippen LogP contribution in [0, 0.1) is 6.92 Å². The minimum Gasteiger partial charge on any atom is -0.496 e. The fourth-order valence-corrected chi connectivity index (χ4v) is 2.80. The Balaban J connectivity index is 1.61. The van der Waals surface area contributed by atoms with E-state index in [1.54, 1.807) is 42.6 Å². The number of aromatic nitrogens is 1. The Morgan fingerprint density at radius 1 is 1.19 bits per heavy atom. The Morgan fingerprint density at radius 2 is 1.96 bits per heavy atom. The van der Waals surface area contributed by atoms with Gasteiger partial charge in [0.25, 0.3) is 0 Å². The van der Waals surface area contributed by atoms with Crippen molar-refractivity contribution in [3.8, 4) is 11.5 Å². The van der Waals surface area contributed by atoms with Crippen LogP contribution >= 0.6 is 11.3 Å². The van der Waals surface area contributed by atoms with Gasteiger partial charge in [-0.05, 0) is 48.9 Å². The van der Waals surface area contributed by atoms with E-state index in [0.717, 1.165) is 16.4 Å². The maximum Gasteiger partial charge on any atom is 0.347 e. The number of anilines is 1. The number of carbonyl (C=O) groups is 1. The lowest BCUT2D eigenvalue weighted by molar-refractivity contribution is 0.0731. The number of carbonyl (C=O) groups excluding carboxylic acids is 1. The zero-order chi connectivity index (χ0) is 18.4. The molecule has 26 heavy (non-hydrogen) atoms. The predicted molar refractivity (Wildman–Crippen MR) is 102 cm³/mol. The average Bonchev–Trinajstić information content (AvgIpc) is 3.08. The normalized spacial score (nSPS) is 10.7. The summed E-state index contributed by atoms with van der Waals surface area (Å²) in [4.78, 5) is 16.5. The minimum absolute atomic E-state index is 0.378. The van der Waals surface area contributed by atoms with E-state index in [1.165, 1.54) is 18.4 Å². The molecule has 1 N–H and O–H groups in total. The maximum atomic E-state index is 12.3. The van der Waals surface area contributed by atoms with Gasteiger partial charge in [-0.25, -0.2) is 9.78 Å². The second kappa shape index (κ2) is 8.26. The van der Waals surface area contributed by atoms with E-state index in [0.29, 0.717) is 17.1 Å². The molecule has 0 unspecified atom stereocenters. The molecule has 0 radical (unpaired) electrons. The number of nitrogens with one attached hydrogen (secondary N) is 1. The second-order valence-corrected chi connectivity index (χ2v) is 6.18. The SMILES string of the molecule is COc1ccccc1C(=O)Oc1ccc(/C=N\Nc2nc(C)cs2)cc1. The fourth-order valence-electron chi connectivity index (χ4n) is 2.16. The largest absolute Gasteiger partial charge is 0.496 e. The van der Waals surface area contributed by atoms with Crippen LogP contribution in [0.1, 0.15) is 21.6 Å². The Bertz CT molecular complexity index is 920. The summed E-state index contributed by atoms with van der Waals surface area (Å²) in [6.07, 6.45) is 1.67. The number of esters is 1. The van der Waals surface area contributed by atoms with Crippen LogP contribution in [0.3, 0.4) is 0 Å². The number of hydrogen-bond donors (Lipinski definition) is 1. The third-order valence-corrected chi connectivity index (χ3v) is 4.28. The van der Waals surface area contributed by atoms with E-state index in [2.05, 4.69) is 15.5 Å². The number of methoxy groups -OCH3 is 1. The molecular weight excluding hydrogens is 350 g/mol. The van der Waals surface area contributed by atoms with Gasteiger partial charge in [-0.3, -0.25) is 5.43 Å². The Labute approximate surface area is 155 Å². The molecule has 0 fully saturated rings. The Kier molecular flexibility index (Phi) is 5.60. The molecule has 0 aliphatic carbocycles. The van der Waals surface area contributed by atoms with Crippen LogP contribution in [0.5, 0.6) is 11.5 Å². The highest BCUT2D eigenvalue weighted by Crippen LogP contribution is 2.20. The molecular formula is C19H17N3O3S. The molecule has 0 bridgehead atoms. The van der Waals surface area contributed by atoms with E-state index in [1.807, 2.05) is 24.4 Å². The van der Waals surface area contributed by atoms with E-state index in [-0.39, 0.29) is 0 Å². The molecule has 0 aliphatic rings. The summed E-state index contributed by atoms with van der Waals surface area (Å²) in [5, 5.41) is 6.82. The van der Waals surface area contributed by atoms with Crippen LogP contribution in [0.2, 0.25) is 0 Å². The van der Waals surface area contributed by atoms with Gasteiger partial charge in [0.15, 0.2) is 0 Å². The molecule has 6 nitrogen and oxygen atoms in total. The number of nitrogens with zero attached hydrogens (tertiary/aromatic N) is 2. The molecule has 3 aromatic rings. The predicted octanol–water partition coefficient (Wildman–Crippen LogP) is 4.13. The molecule has 0 saturated carbocycles. The minimum atomic E-state index is -0.468. The van der Waals surface area contributed by atoms with Crippen molar-refractivity contribution in [3.63, 3.8) is 0 Å². The number of ether oxygens (including phenoxy) is 2. The summed E-state index contributed by atoms with van der Waals surface area (Å²) in [6.45, 7) is 1.93. The summed E-state index contributed by atoms with van der Waals surface area (Å²) in [5.41, 5.74) is 5.07. The molecule has 132 valence electrons. The first-order valence-electron chi connectivity index (χ1n) is 7.82. The molecule has 1 aromatic heterocycles. The number of rotatable bonds is 6. The lowest BCUT2D eigenvalue weighted by Crippen LogP contribution is -2.10. The first-order valence-corrected chi connectivity index (χ1v) is 8.70. The molecule has 1 heterocycles. The van der Waals surface area contributed by atoms with Crippen molar-refractivity contribution < 1.29 is 14.3 Å². The van der Waals surface area contributed by atoms with Gasteiger partial charge in [0, 0.05) is 5.38 Å². The summed E-state index contributed by atoms with van der Waals surface area (Å²) in [7, 11) is 1.52. The summed E-state index contributed by atoms with van der Waals surface area (Å²) in [5.74, 6) is 0.455. The van der Waals surface area contributed by atoms with Crippen LogP contribution in [-0.2, 0) is 0 Å². The van der Waals surface area contributed by atoms with Crippen molar-refractivity contribution in [2.75, 3.05) is 12.5 Å². The lowest BCUT2D eigenvalue weighted by atomic mass is 10.2. The molecule has 0 amide bonds. The summed E-state index contributed by atoms with van der Waals surface area (Å²) >= 11 is 1.49. The van der Waals surface area contributed by atoms with E-state index >= 15 is 0 Å². The van der Waals surface area contributed by atoms with Crippen molar-refractivity contribution in [1.29, 1.82) is 0 Å². The van der Waals surface area contributed by atoms with Crippen LogP contribution in [0.4, 0.5) is 5.13 Å². The summed E-state index contributed by atoms with van der Waals surface area (Å²) in [6, 6.07) is 14.0. The Hall–Kier alpha value is -3.19. The topological polar surface area (TPSA) is 72.8 Å². The quantitative estimate of drug-likeness (QED) is 0.307. The highest BCUT2D eigenvalue weighted by atomic mass is 32.1. The van der Waals surface area contributed by atoms with Gasteiger partial charge in [0.1, 0.15) is 17.1 Å². The monoisotopic (exact) mass is 367 g/mol. The van der Waals surface area contributed by atoms with Crippen LogP contribution in [0.15, 0.2) is 59.0 Å². The molecule has 7 heteroatoms. The first-order chi connectivity index (χ1) is 12.7. The van der Waals surface area contributed by atoms with Crippen molar-refractivity contribution in [3.05, 3.63) is 70.7 Å². The molecule has 2 aromatic carbocycles. The van der Waals surface area contributed by atoms with Crippen LogP contribution < -0.4 is 14.9 Å². The van der Waals surface area contributed by atoms with Gasteiger partial charge in [0.2, 0.25) is 5.13 Å². The van der Waals surface area contributed by atoms with Gasteiger partial charge in [0.05, 0.1) is 19.0 Å². The number of aryl methyl sites for hydroxylation is 1. The third kappa shape index (κ3) is 4.46. The average molecular weight is 367 g/mol. The first kappa shape index (κ1) is 17.6. The van der Waals surface area contributed by atoms with Gasteiger partial charge >= 0.3 is 5.97 Å². The van der Waals surface area contributed by atoms with E-state index in [9.17, 15) is 4.79 Å². The fraction of sp³-hybridized carbons (Fsp3) is 0.105. The molecule has 0 spiro atoms. The third-order valence-electron chi connectivity index (χ3n) is 3.41. The van der Waals surface area contributed by atoms with Gasteiger partial charge in [-0.1, -0.05) is 12.1 Å². The molecule has 0 aliphatic heterocycles. The second-order valence-electron chi connectivity index (χ2n) is 5.32. The number of para-hydroxylation sites is 1. The van der Waals surface area contributed by atoms with Crippen molar-refractivity contribution in [1.82, 2.24) is 4.98 Å². The number of benzene rings is 2.